The monoisotopic (exact) mass is 387 g/mol. The van der Waals surface area contributed by atoms with E-state index in [-0.39, 0.29) is 17.4 Å². The number of amides is 1. The van der Waals surface area contributed by atoms with Crippen LogP contribution in [0.15, 0.2) is 24.3 Å². The number of rotatable bonds is 4. The zero-order chi connectivity index (χ0) is 19.7. The number of hydrogen-bond donors (Lipinski definition) is 1. The summed E-state index contributed by atoms with van der Waals surface area (Å²) in [5.41, 5.74) is 4.34. The summed E-state index contributed by atoms with van der Waals surface area (Å²) in [6.07, 6.45) is 0.107. The van der Waals surface area contributed by atoms with Gasteiger partial charge >= 0.3 is 0 Å². The third-order valence-electron chi connectivity index (χ3n) is 4.14. The van der Waals surface area contributed by atoms with Crippen molar-refractivity contribution in [2.24, 2.45) is 0 Å². The van der Waals surface area contributed by atoms with Crippen molar-refractivity contribution in [2.45, 2.75) is 34.1 Å². The first-order valence-electron chi connectivity index (χ1n) is 8.37. The highest BCUT2D eigenvalue weighted by Crippen LogP contribution is 2.23. The van der Waals surface area contributed by atoms with Gasteiger partial charge in [-0.25, -0.2) is 19.0 Å². The lowest BCUT2D eigenvalue weighted by molar-refractivity contribution is -0.115. The Morgan fingerprint density at radius 3 is 2.44 bits per heavy atom. The van der Waals surface area contributed by atoms with Gasteiger partial charge in [0.1, 0.15) is 5.82 Å². The van der Waals surface area contributed by atoms with Crippen LogP contribution < -0.4 is 5.32 Å². The first kappa shape index (κ1) is 19.0. The maximum Gasteiger partial charge on any atom is 0.251 e. The Balaban J connectivity index is 1.85. The highest BCUT2D eigenvalue weighted by molar-refractivity contribution is 6.33. The summed E-state index contributed by atoms with van der Waals surface area (Å²) < 4.78 is 14.8. The maximum atomic E-state index is 13.1. The first-order valence-corrected chi connectivity index (χ1v) is 8.75. The number of aryl methyl sites for hydroxylation is 3. The number of aromatic nitrogens is 4. The summed E-state index contributed by atoms with van der Waals surface area (Å²) in [7, 11) is 0. The summed E-state index contributed by atoms with van der Waals surface area (Å²) in [4.78, 5) is 21.3. The zero-order valence-electron chi connectivity index (χ0n) is 15.5. The predicted octanol–water partition coefficient (Wildman–Crippen LogP) is 3.87. The van der Waals surface area contributed by atoms with E-state index in [4.69, 9.17) is 11.6 Å². The number of carbonyl (C=O) groups excluding carboxylic acids is 1. The molecule has 0 saturated heterocycles. The average Bonchev–Trinajstić information content (AvgIpc) is 2.85. The molecule has 1 N–H and O–H groups in total. The number of nitrogens with one attached hydrogen (secondary N) is 1. The van der Waals surface area contributed by atoms with Crippen LogP contribution >= 0.6 is 11.6 Å². The van der Waals surface area contributed by atoms with Crippen LogP contribution in [0.3, 0.4) is 0 Å². The van der Waals surface area contributed by atoms with Gasteiger partial charge in [-0.1, -0.05) is 11.6 Å². The van der Waals surface area contributed by atoms with Crippen molar-refractivity contribution in [1.82, 2.24) is 19.7 Å². The molecule has 0 aliphatic rings. The number of halogens is 2. The summed E-state index contributed by atoms with van der Waals surface area (Å²) in [6.45, 7) is 7.49. The summed E-state index contributed by atoms with van der Waals surface area (Å²) in [5, 5.41) is 7.34. The second-order valence-corrected chi connectivity index (χ2v) is 6.77. The fourth-order valence-corrected chi connectivity index (χ4v) is 3.09. The topological polar surface area (TPSA) is 72.7 Å². The average molecular weight is 388 g/mol. The molecular weight excluding hydrogens is 369 g/mol. The van der Waals surface area contributed by atoms with Gasteiger partial charge in [0.05, 0.1) is 22.8 Å². The molecule has 0 aliphatic heterocycles. The van der Waals surface area contributed by atoms with Crippen molar-refractivity contribution in [2.75, 3.05) is 5.32 Å². The molecule has 6 nitrogen and oxygen atoms in total. The highest BCUT2D eigenvalue weighted by atomic mass is 35.5. The van der Waals surface area contributed by atoms with Gasteiger partial charge < -0.3 is 5.32 Å². The van der Waals surface area contributed by atoms with Gasteiger partial charge in [-0.2, -0.15) is 5.10 Å². The van der Waals surface area contributed by atoms with E-state index in [1.54, 1.807) is 4.68 Å². The molecule has 0 radical (unpaired) electrons. The number of hydrogen-bond acceptors (Lipinski definition) is 4. The lowest BCUT2D eigenvalue weighted by atomic mass is 10.1. The lowest BCUT2D eigenvalue weighted by Gasteiger charge is -2.08. The molecule has 0 saturated carbocycles. The molecular formula is C19H19ClFN5O. The largest absolute Gasteiger partial charge is 0.324 e. The molecule has 3 aromatic rings. The Morgan fingerprint density at radius 2 is 1.81 bits per heavy atom. The molecule has 27 heavy (non-hydrogen) atoms. The van der Waals surface area contributed by atoms with Crippen molar-refractivity contribution in [3.63, 3.8) is 0 Å². The van der Waals surface area contributed by atoms with Gasteiger partial charge in [0, 0.05) is 22.6 Å². The molecule has 2 aromatic heterocycles. The summed E-state index contributed by atoms with van der Waals surface area (Å²) in [6, 6.07) is 5.72. The van der Waals surface area contributed by atoms with Crippen LogP contribution in [0.4, 0.5) is 10.1 Å². The standard InChI is InChI=1S/C19H19ClFN5O/c1-10-7-11(2)23-19(22-10)26-13(4)15(12(3)25-26)9-18(27)24-17-6-5-14(21)8-16(17)20/h5-8H,9H2,1-4H3,(H,24,27). The molecule has 3 rings (SSSR count). The third-order valence-corrected chi connectivity index (χ3v) is 4.46. The third kappa shape index (κ3) is 4.14. The number of anilines is 1. The molecule has 0 bridgehead atoms. The molecule has 0 fully saturated rings. The van der Waals surface area contributed by atoms with E-state index in [1.165, 1.54) is 12.1 Å². The predicted molar refractivity (Wildman–Crippen MR) is 102 cm³/mol. The highest BCUT2D eigenvalue weighted by Gasteiger charge is 2.18. The molecule has 2 heterocycles. The minimum absolute atomic E-state index is 0.107. The zero-order valence-corrected chi connectivity index (χ0v) is 16.2. The number of carbonyl (C=O) groups is 1. The first-order chi connectivity index (χ1) is 12.7. The van der Waals surface area contributed by atoms with Crippen LogP contribution in [0.25, 0.3) is 5.95 Å². The summed E-state index contributed by atoms with van der Waals surface area (Å²) in [5.74, 6) is -0.253. The molecule has 0 atom stereocenters. The molecule has 0 spiro atoms. The Hall–Kier alpha value is -2.80. The van der Waals surface area contributed by atoms with Crippen LogP contribution in [0, 0.1) is 33.5 Å². The van der Waals surface area contributed by atoms with Crippen molar-refractivity contribution in [3.05, 3.63) is 63.4 Å². The molecule has 1 amide bonds. The van der Waals surface area contributed by atoms with Gasteiger partial charge in [-0.05, 0) is 52.0 Å². The molecule has 0 unspecified atom stereocenters. The van der Waals surface area contributed by atoms with E-state index in [1.807, 2.05) is 33.8 Å². The Labute approximate surface area is 161 Å². The second-order valence-electron chi connectivity index (χ2n) is 6.36. The van der Waals surface area contributed by atoms with Crippen molar-refractivity contribution in [3.8, 4) is 5.95 Å². The van der Waals surface area contributed by atoms with Crippen LogP contribution in [0.5, 0.6) is 0 Å². The number of nitrogens with zero attached hydrogens (tertiary/aromatic N) is 4. The van der Waals surface area contributed by atoms with E-state index in [2.05, 4.69) is 20.4 Å². The van der Waals surface area contributed by atoms with E-state index < -0.39 is 5.82 Å². The van der Waals surface area contributed by atoms with Crippen LogP contribution in [0.2, 0.25) is 5.02 Å². The number of benzene rings is 1. The van der Waals surface area contributed by atoms with Crippen LogP contribution in [-0.2, 0) is 11.2 Å². The quantitative estimate of drug-likeness (QED) is 0.737. The van der Waals surface area contributed by atoms with Crippen LogP contribution in [-0.4, -0.2) is 25.7 Å². The molecule has 1 aromatic carbocycles. The summed E-state index contributed by atoms with van der Waals surface area (Å²) >= 11 is 5.97. The van der Waals surface area contributed by atoms with Crippen LogP contribution in [0.1, 0.15) is 28.3 Å². The Morgan fingerprint density at radius 1 is 1.15 bits per heavy atom. The Bertz CT molecular complexity index is 1010. The van der Waals surface area contributed by atoms with Crippen molar-refractivity contribution in [1.29, 1.82) is 0 Å². The van der Waals surface area contributed by atoms with Crippen molar-refractivity contribution >= 4 is 23.2 Å². The van der Waals surface area contributed by atoms with E-state index >= 15 is 0 Å². The lowest BCUT2D eigenvalue weighted by Crippen LogP contribution is -2.16. The van der Waals surface area contributed by atoms with E-state index in [0.29, 0.717) is 11.6 Å². The normalized spacial score (nSPS) is 10.9. The Kier molecular flexibility index (Phi) is 5.23. The van der Waals surface area contributed by atoms with Gasteiger partial charge in [-0.15, -0.1) is 0 Å². The molecule has 140 valence electrons. The van der Waals surface area contributed by atoms with Crippen molar-refractivity contribution < 1.29 is 9.18 Å². The van der Waals surface area contributed by atoms with Gasteiger partial charge in [0.25, 0.3) is 5.95 Å². The fourth-order valence-electron chi connectivity index (χ4n) is 2.87. The SMILES string of the molecule is Cc1cc(C)nc(-n2nc(C)c(CC(=O)Nc3ccc(F)cc3Cl)c2C)n1. The smallest absolute Gasteiger partial charge is 0.251 e. The fraction of sp³-hybridized carbons (Fsp3) is 0.263. The maximum absolute atomic E-state index is 13.1. The van der Waals surface area contributed by atoms with Gasteiger partial charge in [0.2, 0.25) is 5.91 Å². The molecule has 8 heteroatoms. The minimum Gasteiger partial charge on any atom is -0.324 e. The second kappa shape index (κ2) is 7.44. The van der Waals surface area contributed by atoms with E-state index in [9.17, 15) is 9.18 Å². The minimum atomic E-state index is -0.459. The molecule has 0 aliphatic carbocycles. The van der Waals surface area contributed by atoms with Gasteiger partial charge in [-0.3, -0.25) is 4.79 Å². The van der Waals surface area contributed by atoms with E-state index in [0.717, 1.165) is 34.4 Å². The van der Waals surface area contributed by atoms with Gasteiger partial charge in [0.15, 0.2) is 0 Å².